The van der Waals surface area contributed by atoms with Gasteiger partial charge in [-0.25, -0.2) is 9.97 Å². The lowest BCUT2D eigenvalue weighted by Gasteiger charge is -2.15. The molecule has 2 aromatic rings. The van der Waals surface area contributed by atoms with Gasteiger partial charge in [-0.1, -0.05) is 12.1 Å². The van der Waals surface area contributed by atoms with E-state index in [0.717, 1.165) is 11.3 Å². The Bertz CT molecular complexity index is 630. The van der Waals surface area contributed by atoms with Crippen LogP contribution in [0.3, 0.4) is 0 Å². The Kier molecular flexibility index (Phi) is 3.62. The molecular weight excluding hydrogens is 238 g/mol. The van der Waals surface area contributed by atoms with Crippen LogP contribution in [0.15, 0.2) is 30.3 Å². The Morgan fingerprint density at radius 3 is 2.79 bits per heavy atom. The molecule has 0 aliphatic carbocycles. The van der Waals surface area contributed by atoms with Gasteiger partial charge in [0.05, 0.1) is 6.04 Å². The van der Waals surface area contributed by atoms with Crippen LogP contribution in [0.4, 0.5) is 11.6 Å². The lowest BCUT2D eigenvalue weighted by Crippen LogP contribution is -2.10. The van der Waals surface area contributed by atoms with Crippen molar-refractivity contribution in [2.75, 3.05) is 11.1 Å². The second-order valence-electron chi connectivity index (χ2n) is 4.37. The second-order valence-corrected chi connectivity index (χ2v) is 4.37. The molecule has 1 aromatic heterocycles. The maximum Gasteiger partial charge on any atom is 0.224 e. The topological polar surface area (TPSA) is 87.6 Å². The van der Waals surface area contributed by atoms with Crippen molar-refractivity contribution >= 4 is 11.6 Å². The predicted molar refractivity (Wildman–Crippen MR) is 74.4 cm³/mol. The summed E-state index contributed by atoms with van der Waals surface area (Å²) in [6.07, 6.45) is 0. The Morgan fingerprint density at radius 1 is 1.32 bits per heavy atom. The Labute approximate surface area is 112 Å². The summed E-state index contributed by atoms with van der Waals surface area (Å²) >= 11 is 0. The van der Waals surface area contributed by atoms with Crippen LogP contribution in [0, 0.1) is 18.3 Å². The van der Waals surface area contributed by atoms with Crippen LogP contribution in [0.25, 0.3) is 0 Å². The van der Waals surface area contributed by atoms with Gasteiger partial charge >= 0.3 is 0 Å². The molecule has 1 unspecified atom stereocenters. The van der Waals surface area contributed by atoms with E-state index in [2.05, 4.69) is 15.3 Å². The molecule has 5 heteroatoms. The van der Waals surface area contributed by atoms with Gasteiger partial charge in [0.1, 0.15) is 11.8 Å². The molecule has 0 saturated carbocycles. The summed E-state index contributed by atoms with van der Waals surface area (Å²) in [5.74, 6) is 0.450. The van der Waals surface area contributed by atoms with Crippen molar-refractivity contribution in [1.82, 2.24) is 9.97 Å². The fraction of sp³-hybridized carbons (Fsp3) is 0.214. The van der Waals surface area contributed by atoms with E-state index in [1.165, 1.54) is 0 Å². The minimum absolute atomic E-state index is 0.0110. The zero-order valence-electron chi connectivity index (χ0n) is 10.9. The molecule has 0 fully saturated rings. The number of aromatic nitrogens is 2. The van der Waals surface area contributed by atoms with E-state index in [-0.39, 0.29) is 6.04 Å². The quantitative estimate of drug-likeness (QED) is 0.820. The molecule has 0 aliphatic heterocycles. The number of nitriles is 1. The van der Waals surface area contributed by atoms with Crippen molar-refractivity contribution in [2.45, 2.75) is 19.9 Å². The molecule has 0 radical (unpaired) electrons. The Morgan fingerprint density at radius 2 is 2.11 bits per heavy atom. The first kappa shape index (κ1) is 12.8. The summed E-state index contributed by atoms with van der Waals surface area (Å²) in [5, 5.41) is 12.1. The third kappa shape index (κ3) is 3.19. The number of benzene rings is 1. The van der Waals surface area contributed by atoms with Crippen molar-refractivity contribution < 1.29 is 0 Å². The van der Waals surface area contributed by atoms with Crippen LogP contribution < -0.4 is 11.1 Å². The maximum absolute atomic E-state index is 8.89. The maximum atomic E-state index is 8.89. The van der Waals surface area contributed by atoms with Gasteiger partial charge in [0.15, 0.2) is 0 Å². The molecule has 0 bridgehead atoms. The molecule has 5 nitrogen and oxygen atoms in total. The number of rotatable bonds is 3. The molecule has 0 saturated heterocycles. The normalized spacial score (nSPS) is 11.6. The molecular formula is C14H15N5. The van der Waals surface area contributed by atoms with Crippen molar-refractivity contribution in [3.05, 3.63) is 47.3 Å². The second kappa shape index (κ2) is 5.36. The summed E-state index contributed by atoms with van der Waals surface area (Å²) in [7, 11) is 0. The molecule has 0 amide bonds. The number of nitrogens with one attached hydrogen (secondary N) is 1. The third-order valence-corrected chi connectivity index (χ3v) is 2.73. The largest absolute Gasteiger partial charge is 0.399 e. The number of hydrogen-bond donors (Lipinski definition) is 2. The standard InChI is InChI=1S/C14H15N5/c1-9-6-13(8-15)19-14(17-9)18-10(2)11-4-3-5-12(16)7-11/h3-7,10H,16H2,1-2H3,(H,17,18,19). The average molecular weight is 253 g/mol. The number of nitrogen functional groups attached to an aromatic ring is 1. The molecule has 0 spiro atoms. The monoisotopic (exact) mass is 253 g/mol. The lowest BCUT2D eigenvalue weighted by molar-refractivity contribution is 0.856. The summed E-state index contributed by atoms with van der Waals surface area (Å²) < 4.78 is 0. The molecule has 2 rings (SSSR count). The van der Waals surface area contributed by atoms with Crippen LogP contribution in [0.2, 0.25) is 0 Å². The van der Waals surface area contributed by atoms with Gasteiger partial charge in [-0.3, -0.25) is 0 Å². The number of aryl methyl sites for hydroxylation is 1. The number of nitrogens with two attached hydrogens (primary N) is 1. The molecule has 1 aromatic carbocycles. The van der Waals surface area contributed by atoms with Crippen LogP contribution in [-0.2, 0) is 0 Å². The zero-order chi connectivity index (χ0) is 13.8. The minimum atomic E-state index is 0.0110. The van der Waals surface area contributed by atoms with Crippen molar-refractivity contribution in [3.8, 4) is 6.07 Å². The molecule has 0 aliphatic rings. The van der Waals surface area contributed by atoms with E-state index in [1.807, 2.05) is 44.2 Å². The summed E-state index contributed by atoms with van der Waals surface area (Å²) in [6, 6.07) is 11.3. The van der Waals surface area contributed by atoms with Crippen molar-refractivity contribution in [2.24, 2.45) is 0 Å². The smallest absolute Gasteiger partial charge is 0.224 e. The average Bonchev–Trinajstić information content (AvgIpc) is 2.38. The highest BCUT2D eigenvalue weighted by atomic mass is 15.1. The zero-order valence-corrected chi connectivity index (χ0v) is 10.9. The number of anilines is 2. The van der Waals surface area contributed by atoms with Gasteiger partial charge in [-0.15, -0.1) is 0 Å². The predicted octanol–water partition coefficient (Wildman–Crippen LogP) is 2.41. The highest BCUT2D eigenvalue weighted by molar-refractivity contribution is 5.44. The minimum Gasteiger partial charge on any atom is -0.399 e. The SMILES string of the molecule is Cc1cc(C#N)nc(NC(C)c2cccc(N)c2)n1. The first-order chi connectivity index (χ1) is 9.08. The van der Waals surface area contributed by atoms with Crippen LogP contribution in [0.5, 0.6) is 0 Å². The van der Waals surface area contributed by atoms with E-state index < -0.39 is 0 Å². The van der Waals surface area contributed by atoms with Crippen molar-refractivity contribution in [3.63, 3.8) is 0 Å². The molecule has 1 heterocycles. The van der Waals surface area contributed by atoms with Gasteiger partial charge in [-0.2, -0.15) is 5.26 Å². The van der Waals surface area contributed by atoms with Crippen LogP contribution in [0.1, 0.15) is 29.9 Å². The first-order valence-corrected chi connectivity index (χ1v) is 5.96. The van der Waals surface area contributed by atoms with Crippen molar-refractivity contribution in [1.29, 1.82) is 5.26 Å². The Balaban J connectivity index is 2.21. The first-order valence-electron chi connectivity index (χ1n) is 5.96. The number of nitrogens with zero attached hydrogens (tertiary/aromatic N) is 3. The van der Waals surface area contributed by atoms with Crippen LogP contribution >= 0.6 is 0 Å². The highest BCUT2D eigenvalue weighted by Crippen LogP contribution is 2.19. The Hall–Kier alpha value is -2.61. The van der Waals surface area contributed by atoms with Gasteiger partial charge in [-0.05, 0) is 37.6 Å². The number of hydrogen-bond acceptors (Lipinski definition) is 5. The van der Waals surface area contributed by atoms with E-state index in [9.17, 15) is 0 Å². The van der Waals surface area contributed by atoms with Crippen LogP contribution in [-0.4, -0.2) is 9.97 Å². The van der Waals surface area contributed by atoms with E-state index >= 15 is 0 Å². The van der Waals surface area contributed by atoms with E-state index in [4.69, 9.17) is 11.0 Å². The molecule has 96 valence electrons. The molecule has 3 N–H and O–H groups in total. The van der Waals surface area contributed by atoms with E-state index in [0.29, 0.717) is 17.3 Å². The highest BCUT2D eigenvalue weighted by Gasteiger charge is 2.08. The van der Waals surface area contributed by atoms with Gasteiger partial charge in [0.2, 0.25) is 5.95 Å². The molecule has 19 heavy (non-hydrogen) atoms. The van der Waals surface area contributed by atoms with Gasteiger partial charge < -0.3 is 11.1 Å². The summed E-state index contributed by atoms with van der Waals surface area (Å²) in [4.78, 5) is 8.39. The molecule has 1 atom stereocenters. The van der Waals surface area contributed by atoms with Gasteiger partial charge in [0.25, 0.3) is 0 Å². The third-order valence-electron chi connectivity index (χ3n) is 2.73. The fourth-order valence-corrected chi connectivity index (χ4v) is 1.80. The fourth-order valence-electron chi connectivity index (χ4n) is 1.80. The summed E-state index contributed by atoms with van der Waals surface area (Å²) in [6.45, 7) is 3.82. The van der Waals surface area contributed by atoms with Gasteiger partial charge in [0, 0.05) is 11.4 Å². The lowest BCUT2D eigenvalue weighted by atomic mass is 10.1. The summed E-state index contributed by atoms with van der Waals surface area (Å²) in [5.41, 5.74) is 8.63. The van der Waals surface area contributed by atoms with E-state index in [1.54, 1.807) is 6.07 Å².